The third-order valence-corrected chi connectivity index (χ3v) is 5.85. The summed E-state index contributed by atoms with van der Waals surface area (Å²) in [5, 5.41) is 0. The Balaban J connectivity index is 1.90. The fraction of sp³-hybridized carbons (Fsp3) is 0.222. The highest BCUT2D eigenvalue weighted by molar-refractivity contribution is 7.81. The molecule has 0 saturated heterocycles. The highest BCUT2D eigenvalue weighted by Crippen LogP contribution is 2.50. The van der Waals surface area contributed by atoms with Crippen molar-refractivity contribution in [3.8, 4) is 0 Å². The van der Waals surface area contributed by atoms with Crippen LogP contribution in [0.1, 0.15) is 23.0 Å². The van der Waals surface area contributed by atoms with Gasteiger partial charge < -0.3 is 9.80 Å². The normalized spacial score (nSPS) is 23.0. The first kappa shape index (κ1) is 13.9. The minimum atomic E-state index is 0.148. The molecule has 2 aromatic carbocycles. The van der Waals surface area contributed by atoms with Gasteiger partial charge in [-0.3, -0.25) is 0 Å². The van der Waals surface area contributed by atoms with E-state index in [1.165, 1.54) is 22.5 Å². The quantitative estimate of drug-likeness (QED) is 0.728. The monoisotopic (exact) mass is 324 g/mol. The van der Waals surface area contributed by atoms with Crippen LogP contribution in [0, 0.1) is 0 Å². The molecule has 0 unspecified atom stereocenters. The fourth-order valence-electron chi connectivity index (χ4n) is 3.68. The van der Waals surface area contributed by atoms with E-state index in [1.807, 2.05) is 0 Å². The number of anilines is 2. The lowest BCUT2D eigenvalue weighted by Gasteiger charge is -2.22. The Morgan fingerprint density at radius 1 is 0.682 bits per heavy atom. The summed E-state index contributed by atoms with van der Waals surface area (Å²) in [6, 6.07) is 16.9. The molecule has 0 bridgehead atoms. The van der Waals surface area contributed by atoms with Gasteiger partial charge in [-0.25, -0.2) is 0 Å². The van der Waals surface area contributed by atoms with E-state index in [1.54, 1.807) is 0 Å². The first-order valence-electron chi connectivity index (χ1n) is 7.34. The Morgan fingerprint density at radius 2 is 1.05 bits per heavy atom. The number of benzene rings is 2. The smallest absolute Gasteiger partial charge is 0.0908 e. The van der Waals surface area contributed by atoms with Crippen molar-refractivity contribution in [2.24, 2.45) is 0 Å². The molecule has 2 aliphatic rings. The van der Waals surface area contributed by atoms with Crippen LogP contribution in [0.25, 0.3) is 0 Å². The first-order valence-corrected chi connectivity index (χ1v) is 8.16. The number of fused-ring (bicyclic) bond motifs is 2. The van der Waals surface area contributed by atoms with Crippen molar-refractivity contribution in [2.75, 3.05) is 23.9 Å². The molecule has 2 atom stereocenters. The molecule has 0 spiro atoms. The Kier molecular flexibility index (Phi) is 3.06. The lowest BCUT2D eigenvalue weighted by molar-refractivity contribution is 0.851. The zero-order valence-corrected chi connectivity index (χ0v) is 14.1. The van der Waals surface area contributed by atoms with Gasteiger partial charge in [-0.15, -0.1) is 0 Å². The van der Waals surface area contributed by atoms with E-state index >= 15 is 0 Å². The van der Waals surface area contributed by atoms with Crippen LogP contribution in [-0.2, 0) is 0 Å². The largest absolute Gasteiger partial charge is 0.338 e. The van der Waals surface area contributed by atoms with Gasteiger partial charge in [0.15, 0.2) is 0 Å². The van der Waals surface area contributed by atoms with Crippen LogP contribution in [0.4, 0.5) is 11.4 Å². The maximum atomic E-state index is 5.77. The number of likely N-dealkylation sites (N-methyl/N-ethyl adjacent to an activating group) is 2. The van der Waals surface area contributed by atoms with Crippen molar-refractivity contribution in [3.05, 3.63) is 59.7 Å². The van der Waals surface area contributed by atoms with Gasteiger partial charge in [-0.1, -0.05) is 60.8 Å². The second-order valence-electron chi connectivity index (χ2n) is 5.87. The Labute approximate surface area is 141 Å². The minimum Gasteiger partial charge on any atom is -0.338 e. The molecule has 4 rings (SSSR count). The highest BCUT2D eigenvalue weighted by Gasteiger charge is 2.44. The molecule has 0 N–H and O–H groups in total. The molecule has 2 aliphatic heterocycles. The van der Waals surface area contributed by atoms with E-state index in [2.05, 4.69) is 72.4 Å². The van der Waals surface area contributed by atoms with Crippen molar-refractivity contribution >= 4 is 45.8 Å². The molecule has 2 heterocycles. The number of hydrogen-bond donors (Lipinski definition) is 0. The SMILES string of the molecule is CN1C(=S)[C@@H]([C@@H]2C(=S)N(C)c3ccccc32)c2ccccc21. The highest BCUT2D eigenvalue weighted by atomic mass is 32.1. The summed E-state index contributed by atoms with van der Waals surface area (Å²) < 4.78 is 0. The molecule has 0 fully saturated rings. The summed E-state index contributed by atoms with van der Waals surface area (Å²) in [6.07, 6.45) is 0. The summed E-state index contributed by atoms with van der Waals surface area (Å²) in [6.45, 7) is 0. The third-order valence-electron chi connectivity index (χ3n) is 4.79. The van der Waals surface area contributed by atoms with Crippen LogP contribution < -0.4 is 9.80 Å². The van der Waals surface area contributed by atoms with E-state index in [0.717, 1.165) is 9.98 Å². The van der Waals surface area contributed by atoms with Crippen LogP contribution in [0.15, 0.2) is 48.5 Å². The van der Waals surface area contributed by atoms with Crippen molar-refractivity contribution in [1.82, 2.24) is 0 Å². The average Bonchev–Trinajstić information content (AvgIpc) is 2.94. The maximum Gasteiger partial charge on any atom is 0.0908 e. The predicted octanol–water partition coefficient (Wildman–Crippen LogP) is 4.11. The van der Waals surface area contributed by atoms with Crippen molar-refractivity contribution < 1.29 is 0 Å². The average molecular weight is 324 g/mol. The number of thiocarbonyl (C=S) groups is 2. The van der Waals surface area contributed by atoms with Crippen molar-refractivity contribution in [1.29, 1.82) is 0 Å². The van der Waals surface area contributed by atoms with E-state index in [0.29, 0.717) is 0 Å². The number of nitrogens with zero attached hydrogens (tertiary/aromatic N) is 2. The summed E-state index contributed by atoms with van der Waals surface area (Å²) >= 11 is 11.5. The van der Waals surface area contributed by atoms with Gasteiger partial charge in [0.25, 0.3) is 0 Å². The second-order valence-corrected chi connectivity index (χ2v) is 6.70. The standard InChI is InChI=1S/C18H16N2S2/c1-19-13-9-5-3-7-11(13)15(17(19)21)16-12-8-4-6-10-14(12)20(2)18(16)22/h3-10,15-16H,1-2H3/t15-,16-/m1/s1. The lowest BCUT2D eigenvalue weighted by atomic mass is 9.83. The van der Waals surface area contributed by atoms with Gasteiger partial charge in [-0.05, 0) is 23.3 Å². The molecular formula is C18H16N2S2. The Hall–Kier alpha value is -1.78. The molecule has 0 aliphatic carbocycles. The fourth-order valence-corrected chi connectivity index (χ4v) is 4.40. The van der Waals surface area contributed by atoms with Crippen LogP contribution in [0.5, 0.6) is 0 Å². The molecule has 110 valence electrons. The van der Waals surface area contributed by atoms with E-state index < -0.39 is 0 Å². The summed E-state index contributed by atoms with van der Waals surface area (Å²) in [5.41, 5.74) is 4.97. The van der Waals surface area contributed by atoms with Crippen molar-refractivity contribution in [2.45, 2.75) is 11.8 Å². The zero-order valence-electron chi connectivity index (χ0n) is 12.5. The lowest BCUT2D eigenvalue weighted by Crippen LogP contribution is -2.30. The van der Waals surface area contributed by atoms with E-state index in [9.17, 15) is 0 Å². The number of para-hydroxylation sites is 2. The van der Waals surface area contributed by atoms with Gasteiger partial charge in [0.05, 0.1) is 21.8 Å². The van der Waals surface area contributed by atoms with Crippen LogP contribution in [0.3, 0.4) is 0 Å². The van der Waals surface area contributed by atoms with Gasteiger partial charge in [0.1, 0.15) is 0 Å². The third kappa shape index (κ3) is 1.71. The minimum absolute atomic E-state index is 0.148. The molecule has 0 amide bonds. The van der Waals surface area contributed by atoms with Gasteiger partial charge in [-0.2, -0.15) is 0 Å². The maximum absolute atomic E-state index is 5.77. The summed E-state index contributed by atoms with van der Waals surface area (Å²) in [7, 11) is 4.10. The zero-order chi connectivity index (χ0) is 15.4. The van der Waals surface area contributed by atoms with Crippen molar-refractivity contribution in [3.63, 3.8) is 0 Å². The van der Waals surface area contributed by atoms with Crippen LogP contribution >= 0.6 is 24.4 Å². The summed E-state index contributed by atoms with van der Waals surface area (Å²) in [5.74, 6) is 0.296. The predicted molar refractivity (Wildman–Crippen MR) is 100 cm³/mol. The molecule has 0 radical (unpaired) electrons. The molecule has 22 heavy (non-hydrogen) atoms. The van der Waals surface area contributed by atoms with Gasteiger partial charge >= 0.3 is 0 Å². The molecule has 0 saturated carbocycles. The van der Waals surface area contributed by atoms with E-state index in [4.69, 9.17) is 24.4 Å². The molecular weight excluding hydrogens is 308 g/mol. The van der Waals surface area contributed by atoms with Crippen LogP contribution in [-0.4, -0.2) is 24.1 Å². The topological polar surface area (TPSA) is 6.48 Å². The molecule has 2 nitrogen and oxygen atoms in total. The molecule has 0 aromatic heterocycles. The molecule has 2 aromatic rings. The number of hydrogen-bond acceptors (Lipinski definition) is 2. The van der Waals surface area contributed by atoms with Crippen LogP contribution in [0.2, 0.25) is 0 Å². The molecule has 4 heteroatoms. The van der Waals surface area contributed by atoms with Gasteiger partial charge in [0, 0.05) is 25.5 Å². The summed E-state index contributed by atoms with van der Waals surface area (Å²) in [4.78, 5) is 6.16. The van der Waals surface area contributed by atoms with E-state index in [-0.39, 0.29) is 11.8 Å². The second kappa shape index (κ2) is 4.86. The Bertz CT molecular complexity index is 732. The Morgan fingerprint density at radius 3 is 1.45 bits per heavy atom. The van der Waals surface area contributed by atoms with Gasteiger partial charge in [0.2, 0.25) is 0 Å². The number of rotatable bonds is 1. The first-order chi connectivity index (χ1) is 10.6.